The second-order valence-corrected chi connectivity index (χ2v) is 6.59. The molecule has 1 aromatic heterocycles. The predicted molar refractivity (Wildman–Crippen MR) is 97.2 cm³/mol. The molecular weight excluding hydrogens is 392 g/mol. The second kappa shape index (κ2) is 7.91. The van der Waals surface area contributed by atoms with Crippen LogP contribution in [0, 0.1) is 24.0 Å². The lowest BCUT2D eigenvalue weighted by Gasteiger charge is -2.21. The van der Waals surface area contributed by atoms with Crippen molar-refractivity contribution in [1.29, 1.82) is 5.41 Å². The van der Waals surface area contributed by atoms with E-state index in [9.17, 15) is 8.78 Å². The fourth-order valence-electron chi connectivity index (χ4n) is 2.29. The fraction of sp³-hybridized carbons (Fsp3) is 0.333. The first kappa shape index (κ1) is 19.3. The third kappa shape index (κ3) is 4.54. The van der Waals surface area contributed by atoms with E-state index in [-0.39, 0.29) is 0 Å². The Balaban J connectivity index is 2.28. The third-order valence-electron chi connectivity index (χ3n) is 3.89. The summed E-state index contributed by atoms with van der Waals surface area (Å²) in [5.41, 5.74) is 1.71. The quantitative estimate of drug-likeness (QED) is 0.565. The molecule has 0 saturated heterocycles. The van der Waals surface area contributed by atoms with Crippen molar-refractivity contribution in [3.05, 3.63) is 57.2 Å². The van der Waals surface area contributed by atoms with Crippen LogP contribution in [0.5, 0.6) is 5.88 Å². The van der Waals surface area contributed by atoms with Crippen molar-refractivity contribution in [2.45, 2.75) is 26.9 Å². The van der Waals surface area contributed by atoms with Crippen LogP contribution in [0.2, 0.25) is 0 Å². The minimum absolute atomic E-state index is 0.311. The predicted octanol–water partition coefficient (Wildman–Crippen LogP) is 4.85. The normalized spacial score (nSPS) is 12.0. The number of benzene rings is 1. The third-order valence-corrected chi connectivity index (χ3v) is 4.46. The van der Waals surface area contributed by atoms with Gasteiger partial charge in [-0.2, -0.15) is 0 Å². The summed E-state index contributed by atoms with van der Waals surface area (Å²) in [5, 5.41) is 8.21. The lowest BCUT2D eigenvalue weighted by Crippen LogP contribution is -2.27. The lowest BCUT2D eigenvalue weighted by atomic mass is 10.1. The Morgan fingerprint density at radius 3 is 2.44 bits per heavy atom. The largest absolute Gasteiger partial charge is 0.469 e. The van der Waals surface area contributed by atoms with E-state index in [0.717, 1.165) is 6.07 Å². The van der Waals surface area contributed by atoms with E-state index in [1.165, 1.54) is 12.1 Å². The first-order valence-corrected chi connectivity index (χ1v) is 8.62. The van der Waals surface area contributed by atoms with Crippen molar-refractivity contribution in [1.82, 2.24) is 9.88 Å². The molecule has 1 aromatic carbocycles. The minimum atomic E-state index is -0.653. The van der Waals surface area contributed by atoms with Gasteiger partial charge in [0.2, 0.25) is 5.88 Å². The molecule has 0 radical (unpaired) electrons. The average Bonchev–Trinajstić information content (AvgIpc) is 2.55. The van der Waals surface area contributed by atoms with Crippen molar-refractivity contribution in [2.75, 3.05) is 13.6 Å². The standard InChI is InChI=1S/C18H20BrF2N3O/c1-5-24(4)17(22)15-9-16(19)18(23-10(15)2)25-11(3)12-6-13(20)8-14(21)7-12/h6-9,11,22H,5H2,1-4H3/t11-/m1/s1. The van der Waals surface area contributed by atoms with E-state index >= 15 is 0 Å². The highest BCUT2D eigenvalue weighted by molar-refractivity contribution is 9.10. The van der Waals surface area contributed by atoms with Crippen LogP contribution in [0.4, 0.5) is 8.78 Å². The topological polar surface area (TPSA) is 49.2 Å². The molecule has 4 nitrogen and oxygen atoms in total. The van der Waals surface area contributed by atoms with Crippen molar-refractivity contribution in [3.63, 3.8) is 0 Å². The van der Waals surface area contributed by atoms with E-state index in [2.05, 4.69) is 20.9 Å². The number of hydrogen-bond acceptors (Lipinski definition) is 3. The molecule has 0 amide bonds. The Hall–Kier alpha value is -2.02. The Labute approximate surface area is 154 Å². The van der Waals surface area contributed by atoms with E-state index in [4.69, 9.17) is 10.1 Å². The van der Waals surface area contributed by atoms with Crippen molar-refractivity contribution >= 4 is 21.8 Å². The lowest BCUT2D eigenvalue weighted by molar-refractivity contribution is 0.214. The molecule has 0 aliphatic heterocycles. The monoisotopic (exact) mass is 411 g/mol. The van der Waals surface area contributed by atoms with Gasteiger partial charge in [0.15, 0.2) is 0 Å². The number of aromatic nitrogens is 1. The average molecular weight is 412 g/mol. The van der Waals surface area contributed by atoms with E-state index in [1.54, 1.807) is 24.8 Å². The summed E-state index contributed by atoms with van der Waals surface area (Å²) in [6.45, 7) is 6.15. The van der Waals surface area contributed by atoms with Gasteiger partial charge in [0.05, 0.1) is 10.2 Å². The summed E-state index contributed by atoms with van der Waals surface area (Å²) in [4.78, 5) is 6.20. The fourth-order valence-corrected chi connectivity index (χ4v) is 2.70. The highest BCUT2D eigenvalue weighted by Crippen LogP contribution is 2.30. The molecule has 134 valence electrons. The Kier molecular flexibility index (Phi) is 6.11. The SMILES string of the molecule is CCN(C)C(=N)c1cc(Br)c(O[C@H](C)c2cc(F)cc(F)c2)nc1C. The smallest absolute Gasteiger partial charge is 0.228 e. The molecule has 0 spiro atoms. The Bertz CT molecular complexity index is 778. The van der Waals surface area contributed by atoms with Crippen molar-refractivity contribution in [2.24, 2.45) is 0 Å². The number of hydrogen-bond donors (Lipinski definition) is 1. The molecule has 0 aliphatic rings. The number of pyridine rings is 1. The first-order valence-electron chi connectivity index (χ1n) is 7.82. The van der Waals surface area contributed by atoms with Crippen LogP contribution >= 0.6 is 15.9 Å². The van der Waals surface area contributed by atoms with Gasteiger partial charge in [0, 0.05) is 25.2 Å². The van der Waals surface area contributed by atoms with Gasteiger partial charge in [-0.1, -0.05) is 0 Å². The van der Waals surface area contributed by atoms with Crippen LogP contribution in [0.25, 0.3) is 0 Å². The summed E-state index contributed by atoms with van der Waals surface area (Å²) in [6, 6.07) is 5.05. The van der Waals surface area contributed by atoms with Crippen LogP contribution in [0.15, 0.2) is 28.7 Å². The van der Waals surface area contributed by atoms with Gasteiger partial charge in [-0.15, -0.1) is 0 Å². The molecule has 0 bridgehead atoms. The number of nitrogens with one attached hydrogen (secondary N) is 1. The zero-order chi connectivity index (χ0) is 18.7. The Morgan fingerprint density at radius 2 is 1.88 bits per heavy atom. The number of nitrogens with zero attached hydrogens (tertiary/aromatic N) is 2. The maximum atomic E-state index is 13.4. The number of amidine groups is 1. The highest BCUT2D eigenvalue weighted by Gasteiger charge is 2.17. The zero-order valence-electron chi connectivity index (χ0n) is 14.5. The van der Waals surface area contributed by atoms with Crippen LogP contribution in [-0.2, 0) is 0 Å². The number of ether oxygens (including phenoxy) is 1. The van der Waals surface area contributed by atoms with Gasteiger partial charge in [-0.05, 0) is 60.5 Å². The highest BCUT2D eigenvalue weighted by atomic mass is 79.9. The molecule has 0 aliphatic carbocycles. The summed E-state index contributed by atoms with van der Waals surface area (Å²) in [7, 11) is 1.83. The number of rotatable bonds is 5. The molecule has 0 unspecified atom stereocenters. The molecule has 25 heavy (non-hydrogen) atoms. The maximum Gasteiger partial charge on any atom is 0.228 e. The van der Waals surface area contributed by atoms with Gasteiger partial charge in [0.1, 0.15) is 23.6 Å². The van der Waals surface area contributed by atoms with E-state index < -0.39 is 17.7 Å². The summed E-state index contributed by atoms with van der Waals surface area (Å²) >= 11 is 3.40. The van der Waals surface area contributed by atoms with E-state index in [1.807, 2.05) is 14.0 Å². The summed E-state index contributed by atoms with van der Waals surface area (Å²) in [5.74, 6) is -0.634. The van der Waals surface area contributed by atoms with Crippen LogP contribution in [0.1, 0.15) is 36.8 Å². The molecule has 0 saturated carbocycles. The molecule has 1 heterocycles. The van der Waals surface area contributed by atoms with E-state index in [0.29, 0.717) is 39.6 Å². The molecule has 2 aromatic rings. The van der Waals surface area contributed by atoms with Crippen LogP contribution in [-0.4, -0.2) is 29.3 Å². The van der Waals surface area contributed by atoms with Crippen LogP contribution in [0.3, 0.4) is 0 Å². The molecule has 7 heteroatoms. The van der Waals surface area contributed by atoms with Gasteiger partial charge in [0.25, 0.3) is 0 Å². The minimum Gasteiger partial charge on any atom is -0.469 e. The summed E-state index contributed by atoms with van der Waals surface area (Å²) in [6.07, 6.45) is -0.586. The molecular formula is C18H20BrF2N3O. The van der Waals surface area contributed by atoms with Crippen LogP contribution < -0.4 is 4.74 Å². The first-order chi connectivity index (χ1) is 11.7. The van der Waals surface area contributed by atoms with Gasteiger partial charge in [-0.3, -0.25) is 5.41 Å². The maximum absolute atomic E-state index is 13.4. The van der Waals surface area contributed by atoms with Gasteiger partial charge in [-0.25, -0.2) is 13.8 Å². The molecule has 1 N–H and O–H groups in total. The van der Waals surface area contributed by atoms with Crippen molar-refractivity contribution < 1.29 is 13.5 Å². The Morgan fingerprint density at radius 1 is 1.28 bits per heavy atom. The molecule has 0 fully saturated rings. The number of aryl methyl sites for hydroxylation is 1. The molecule has 2 rings (SSSR count). The van der Waals surface area contributed by atoms with Gasteiger partial charge < -0.3 is 9.64 Å². The number of halogens is 3. The second-order valence-electron chi connectivity index (χ2n) is 5.73. The van der Waals surface area contributed by atoms with Crippen molar-refractivity contribution in [3.8, 4) is 5.88 Å². The zero-order valence-corrected chi connectivity index (χ0v) is 16.1. The molecule has 1 atom stereocenters. The van der Waals surface area contributed by atoms with Gasteiger partial charge >= 0.3 is 0 Å². The summed E-state index contributed by atoms with van der Waals surface area (Å²) < 4.78 is 33.1.